The topological polar surface area (TPSA) is 207 Å². The van der Waals surface area contributed by atoms with Crippen LogP contribution in [-0.2, 0) is 11.0 Å². The summed E-state index contributed by atoms with van der Waals surface area (Å²) in [5.41, 5.74) is 12.2. The van der Waals surface area contributed by atoms with Gasteiger partial charge >= 0.3 is 0 Å². The number of aromatic amines is 1. The Bertz CT molecular complexity index is 3870. The number of aliphatic hydroxyl groups excluding tert-OH is 6. The predicted octanol–water partition coefficient (Wildman–Crippen LogP) is 21.1. The smallest absolute Gasteiger partial charge is 0.135 e. The van der Waals surface area contributed by atoms with Crippen LogP contribution in [-0.4, -0.2) is 83.4 Å². The van der Waals surface area contributed by atoms with Crippen LogP contribution in [0.2, 0.25) is 0 Å². The van der Waals surface area contributed by atoms with Gasteiger partial charge in [0.15, 0.2) is 0 Å². The second kappa shape index (κ2) is 47.0. The zero-order valence-corrected chi connectivity index (χ0v) is 60.8. The summed E-state index contributed by atoms with van der Waals surface area (Å²) in [6, 6.07) is 69.4. The van der Waals surface area contributed by atoms with Gasteiger partial charge in [-0.2, -0.15) is 5.26 Å². The molecule has 4 aromatic heterocycles. The SMILES string of the molecule is CCC(C)(C#N)c1ccccc1.CCC(C)(O)c1ccccc1.CCC(C)c1ccc2c(c1)oc1ccccc12.CCC(C)c1ccc2ccoc2c1.CCC(C)c1ccc2sccc2c1.CCC(C)c1cccc2[nH]c3ccccc3c12.CO.CO.CO.CO.CO.CO. The van der Waals surface area contributed by atoms with Crippen LogP contribution in [0.3, 0.4) is 0 Å². The van der Waals surface area contributed by atoms with E-state index >= 15 is 0 Å². The fourth-order valence-corrected chi connectivity index (χ4v) is 10.8. The van der Waals surface area contributed by atoms with E-state index in [0.717, 1.165) is 89.8 Å². The molecule has 4 heterocycles. The summed E-state index contributed by atoms with van der Waals surface area (Å²) in [4.78, 5) is 3.50. The minimum Gasteiger partial charge on any atom is -0.464 e. The summed E-state index contributed by atoms with van der Waals surface area (Å²) in [5.74, 6) is 2.50. The largest absolute Gasteiger partial charge is 0.464 e. The lowest BCUT2D eigenvalue weighted by atomic mass is 9.82. The Labute approximate surface area is 572 Å². The number of hydrogen-bond donors (Lipinski definition) is 8. The Balaban J connectivity index is 0.000000555. The molecule has 8 aromatic carbocycles. The third-order valence-corrected chi connectivity index (χ3v) is 18.0. The lowest BCUT2D eigenvalue weighted by Crippen LogP contribution is -2.19. The molecule has 12 heteroatoms. The molecule has 11 nitrogen and oxygen atoms in total. The third-order valence-electron chi connectivity index (χ3n) is 17.1. The molecule has 0 saturated carbocycles. The Morgan fingerprint density at radius 3 is 1.46 bits per heavy atom. The van der Waals surface area contributed by atoms with Gasteiger partial charge in [-0.25, -0.2) is 0 Å². The fraction of sp³-hybridized carbons (Fsp3) is 0.361. The summed E-state index contributed by atoms with van der Waals surface area (Å²) in [6.45, 7) is 25.8. The van der Waals surface area contributed by atoms with Gasteiger partial charge in [-0.3, -0.25) is 0 Å². The van der Waals surface area contributed by atoms with Crippen LogP contribution < -0.4 is 0 Å². The number of nitriles is 1. The Morgan fingerprint density at radius 1 is 0.442 bits per heavy atom. The molecule has 514 valence electrons. The number of hydrogen-bond acceptors (Lipinski definition) is 11. The normalized spacial score (nSPS) is 12.5. The molecule has 0 aliphatic carbocycles. The molecule has 0 aliphatic heterocycles. The first kappa shape index (κ1) is 85.1. The lowest BCUT2D eigenvalue weighted by molar-refractivity contribution is 0.0531. The second-order valence-corrected chi connectivity index (χ2v) is 23.6. The number of para-hydroxylation sites is 2. The van der Waals surface area contributed by atoms with Crippen molar-refractivity contribution in [3.05, 3.63) is 239 Å². The predicted molar refractivity (Wildman–Crippen MR) is 407 cm³/mol. The summed E-state index contributed by atoms with van der Waals surface area (Å²) >= 11 is 1.82. The summed E-state index contributed by atoms with van der Waals surface area (Å²) in [7, 11) is 6.00. The lowest BCUT2D eigenvalue weighted by Gasteiger charge is -2.21. The molecule has 6 unspecified atom stereocenters. The van der Waals surface area contributed by atoms with Crippen molar-refractivity contribution in [2.75, 3.05) is 42.7 Å². The van der Waals surface area contributed by atoms with Crippen LogP contribution in [0.5, 0.6) is 0 Å². The second-order valence-electron chi connectivity index (χ2n) is 22.6. The van der Waals surface area contributed by atoms with Gasteiger partial charge in [-0.05, 0) is 169 Å². The van der Waals surface area contributed by atoms with Gasteiger partial charge in [-0.15, -0.1) is 11.3 Å². The van der Waals surface area contributed by atoms with Crippen molar-refractivity contribution in [1.82, 2.24) is 4.98 Å². The number of benzene rings is 8. The van der Waals surface area contributed by atoms with Gasteiger partial charge in [0.05, 0.1) is 23.3 Å². The van der Waals surface area contributed by atoms with Crippen LogP contribution in [0.15, 0.2) is 215 Å². The van der Waals surface area contributed by atoms with Crippen molar-refractivity contribution in [1.29, 1.82) is 5.26 Å². The zero-order valence-electron chi connectivity index (χ0n) is 60.0. The average molecular weight is 1310 g/mol. The molecule has 0 spiro atoms. The number of aromatic nitrogens is 1. The molecule has 6 atom stereocenters. The molecule has 0 amide bonds. The molecule has 0 aliphatic rings. The fourth-order valence-electron chi connectivity index (χ4n) is 10.0. The number of nitrogens with zero attached hydrogens (tertiary/aromatic N) is 1. The van der Waals surface area contributed by atoms with Gasteiger partial charge in [0.1, 0.15) is 16.7 Å². The van der Waals surface area contributed by atoms with Crippen molar-refractivity contribution >= 4 is 76.1 Å². The number of rotatable bonds is 12. The minimum atomic E-state index is -0.665. The van der Waals surface area contributed by atoms with Crippen LogP contribution >= 0.6 is 11.3 Å². The van der Waals surface area contributed by atoms with E-state index in [1.807, 2.05) is 118 Å². The average Bonchev–Trinajstić information content (AvgIpc) is 1.64. The van der Waals surface area contributed by atoms with Crippen LogP contribution in [0, 0.1) is 11.3 Å². The highest BCUT2D eigenvalue weighted by Gasteiger charge is 2.23. The van der Waals surface area contributed by atoms with E-state index in [2.05, 4.69) is 187 Å². The van der Waals surface area contributed by atoms with Gasteiger partial charge in [-0.1, -0.05) is 215 Å². The molecule has 0 bridgehead atoms. The number of furan rings is 2. The van der Waals surface area contributed by atoms with E-state index in [1.54, 1.807) is 6.26 Å². The maximum absolute atomic E-state index is 9.79. The molecular formula is C83H112N2O9S. The van der Waals surface area contributed by atoms with Gasteiger partial charge < -0.3 is 49.6 Å². The number of thiophene rings is 1. The maximum Gasteiger partial charge on any atom is 0.135 e. The van der Waals surface area contributed by atoms with Crippen molar-refractivity contribution in [2.45, 2.75) is 156 Å². The first-order chi connectivity index (χ1) is 46.1. The highest BCUT2D eigenvalue weighted by atomic mass is 32.1. The van der Waals surface area contributed by atoms with Gasteiger partial charge in [0.2, 0.25) is 0 Å². The molecule has 95 heavy (non-hydrogen) atoms. The van der Waals surface area contributed by atoms with Crippen molar-refractivity contribution < 1.29 is 44.6 Å². The van der Waals surface area contributed by atoms with E-state index in [4.69, 9.17) is 44.7 Å². The van der Waals surface area contributed by atoms with Crippen LogP contribution in [0.4, 0.5) is 0 Å². The molecule has 12 aromatic rings. The zero-order chi connectivity index (χ0) is 71.5. The molecule has 0 fully saturated rings. The first-order valence-corrected chi connectivity index (χ1v) is 33.8. The minimum absolute atomic E-state index is 0.318. The molecule has 8 N–H and O–H groups in total. The summed E-state index contributed by atoms with van der Waals surface area (Å²) in [6.07, 6.45) is 8.07. The monoisotopic (exact) mass is 1310 g/mol. The quantitative estimate of drug-likeness (QED) is 0.0581. The van der Waals surface area contributed by atoms with E-state index in [0.29, 0.717) is 23.7 Å². The highest BCUT2D eigenvalue weighted by Crippen LogP contribution is 2.35. The van der Waals surface area contributed by atoms with E-state index in [1.165, 1.54) is 89.6 Å². The van der Waals surface area contributed by atoms with Crippen LogP contribution in [0.25, 0.3) is 64.8 Å². The first-order valence-electron chi connectivity index (χ1n) is 32.9. The van der Waals surface area contributed by atoms with Crippen molar-refractivity contribution in [3.63, 3.8) is 0 Å². The third kappa shape index (κ3) is 25.0. The van der Waals surface area contributed by atoms with Gasteiger partial charge in [0, 0.05) is 85.3 Å². The van der Waals surface area contributed by atoms with Gasteiger partial charge in [0.25, 0.3) is 0 Å². The van der Waals surface area contributed by atoms with E-state index in [9.17, 15) is 5.11 Å². The molecular weight excluding hydrogens is 1200 g/mol. The standard InChI is InChI=1S/C16H17N.C16H16O.C12H14O.C12H14S.C11H13N.C10H14O.6CH4O/c1-3-11(2)12-8-6-10-15-16(12)13-7-4-5-9-14(13)17-15;1-3-11(2)12-8-9-14-13-6-4-5-7-15(13)17-16(14)10-12;1-3-9(2)11-5-4-10-6-7-13-12(10)8-11;1-3-9(2)10-4-5-12-11(8-10)6-7-13-12;1-3-11(2,9-12)10-7-5-4-6-8-10;1-3-10(2,11)9-7-5-4-6-8-9;6*1-2/h4-11,17H,3H2,1-2H3;4-11H,3H2,1-2H3;2*4-9H,3H2,1-2H3;4-8H,3H2,1-2H3;4-8,11H,3H2,1-2H3;6*2H,1H3. The maximum atomic E-state index is 9.79. The van der Waals surface area contributed by atoms with E-state index in [-0.39, 0.29) is 5.41 Å². The number of H-pyrrole nitrogens is 1. The number of fused-ring (bicyclic) bond motifs is 8. The summed E-state index contributed by atoms with van der Waals surface area (Å²) in [5, 5.41) is 70.7. The molecule has 12 rings (SSSR count). The van der Waals surface area contributed by atoms with Crippen LogP contribution in [0.1, 0.15) is 179 Å². The van der Waals surface area contributed by atoms with E-state index < -0.39 is 5.60 Å². The molecule has 0 radical (unpaired) electrons. The highest BCUT2D eigenvalue weighted by molar-refractivity contribution is 7.17. The Morgan fingerprint density at radius 2 is 0.916 bits per heavy atom. The van der Waals surface area contributed by atoms with Crippen molar-refractivity contribution in [2.24, 2.45) is 0 Å². The number of aliphatic hydroxyl groups is 7. The summed E-state index contributed by atoms with van der Waals surface area (Å²) < 4.78 is 12.6. The Hall–Kier alpha value is -7.93. The number of nitrogens with one attached hydrogen (secondary N) is 1. The van der Waals surface area contributed by atoms with Crippen molar-refractivity contribution in [3.8, 4) is 6.07 Å². The Kier molecular flexibility index (Phi) is 42.1. The molecule has 0 saturated heterocycles.